The molecule has 0 spiro atoms. The van der Waals surface area contributed by atoms with E-state index in [4.69, 9.17) is 0 Å². The van der Waals surface area contributed by atoms with E-state index in [1.807, 2.05) is 31.1 Å². The second-order valence-corrected chi connectivity index (χ2v) is 7.96. The zero-order chi connectivity index (χ0) is 18.4. The van der Waals surface area contributed by atoms with E-state index in [-0.39, 0.29) is 15.1 Å². The average Bonchev–Trinajstić information content (AvgIpc) is 2.58. The van der Waals surface area contributed by atoms with Crippen molar-refractivity contribution in [3.05, 3.63) is 42.5 Å². The fourth-order valence-corrected chi connectivity index (χ4v) is 3.19. The van der Waals surface area contributed by atoms with Gasteiger partial charge in [-0.1, -0.05) is 0 Å². The Morgan fingerprint density at radius 2 is 1.80 bits per heavy atom. The highest BCUT2D eigenvalue weighted by Gasteiger charge is 2.16. The highest BCUT2D eigenvalue weighted by Crippen LogP contribution is 2.29. The number of hydrogen-bond donors (Lipinski definition) is 2. The van der Waals surface area contributed by atoms with E-state index in [9.17, 15) is 16.0 Å². The number of nitrogens with zero attached hydrogens (tertiary/aromatic N) is 3. The van der Waals surface area contributed by atoms with Gasteiger partial charge in [0.05, 0.1) is 10.2 Å². The van der Waals surface area contributed by atoms with Crippen molar-refractivity contribution < 1.29 is 16.0 Å². The molecule has 0 aliphatic carbocycles. The first-order valence-electron chi connectivity index (χ1n) is 7.07. The number of anilines is 2. The van der Waals surface area contributed by atoms with Crippen LogP contribution in [0.15, 0.2) is 57.6 Å². The van der Waals surface area contributed by atoms with Crippen LogP contribution in [-0.4, -0.2) is 31.6 Å². The second kappa shape index (κ2) is 8.45. The third-order valence-electron chi connectivity index (χ3n) is 3.20. The molecule has 0 saturated carbocycles. The maximum Gasteiger partial charge on any atom is 0.296 e. The van der Waals surface area contributed by atoms with Crippen molar-refractivity contribution in [2.75, 3.05) is 28.9 Å². The molecule has 0 fully saturated rings. The lowest BCUT2D eigenvalue weighted by atomic mass is 10.3. The number of azo groups is 1. The Hall–Kier alpha value is -1.92. The topological polar surface area (TPSA) is 111 Å². The van der Waals surface area contributed by atoms with E-state index in [1.54, 1.807) is 18.2 Å². The minimum atomic E-state index is -4.47. The van der Waals surface area contributed by atoms with Crippen LogP contribution in [0.1, 0.15) is 0 Å². The first kappa shape index (κ1) is 19.4. The van der Waals surface area contributed by atoms with Crippen LogP contribution in [0.5, 0.6) is 0 Å². The Bertz CT molecular complexity index is 883. The molecule has 134 valence electrons. The normalized spacial score (nSPS) is 11.6. The minimum absolute atomic E-state index is 0.0153. The van der Waals surface area contributed by atoms with Crippen LogP contribution in [0.4, 0.5) is 22.7 Å². The number of halogens is 1. The number of rotatable bonds is 7. The van der Waals surface area contributed by atoms with Gasteiger partial charge in [-0.15, -0.1) is 5.11 Å². The largest absolute Gasteiger partial charge is 0.378 e. The van der Waals surface area contributed by atoms with Crippen LogP contribution in [0.2, 0.25) is 0 Å². The third-order valence-corrected chi connectivity index (χ3v) is 4.78. The van der Waals surface area contributed by atoms with Crippen LogP contribution in [-0.2, 0) is 13.2 Å². The van der Waals surface area contributed by atoms with Gasteiger partial charge < -0.3 is 10.2 Å². The van der Waals surface area contributed by atoms with Crippen molar-refractivity contribution >= 4 is 54.1 Å². The molecular formula is C15H17IN4O4S. The molecule has 0 aliphatic heterocycles. The molecular weight excluding hydrogens is 459 g/mol. The highest BCUT2D eigenvalue weighted by molar-refractivity contribution is 14.1. The van der Waals surface area contributed by atoms with Gasteiger partial charge in [-0.05, 0) is 42.5 Å². The molecule has 0 atom stereocenters. The average molecular weight is 476 g/mol. The van der Waals surface area contributed by atoms with Crippen molar-refractivity contribution in [2.24, 2.45) is 10.2 Å². The molecule has 0 amide bonds. The summed E-state index contributed by atoms with van der Waals surface area (Å²) in [6.07, 6.45) is 0. The van der Waals surface area contributed by atoms with Gasteiger partial charge in [-0.25, -0.2) is 0 Å². The van der Waals surface area contributed by atoms with Gasteiger partial charge in [-0.3, -0.25) is 7.62 Å². The van der Waals surface area contributed by atoms with Crippen LogP contribution >= 0.6 is 21.2 Å². The van der Waals surface area contributed by atoms with Gasteiger partial charge in [0.2, 0.25) is 0 Å². The molecule has 8 nitrogen and oxygen atoms in total. The summed E-state index contributed by atoms with van der Waals surface area (Å²) in [4.78, 5) is 1.57. The summed E-state index contributed by atoms with van der Waals surface area (Å²) < 4.78 is 43.4. The van der Waals surface area contributed by atoms with Crippen LogP contribution in [0.3, 0.4) is 0 Å². The van der Waals surface area contributed by atoms with E-state index < -0.39 is 31.3 Å². The Labute approximate surface area is 156 Å². The maximum absolute atomic E-state index is 11.6. The number of hydrogen-bond acceptors (Lipinski definition) is 7. The summed E-state index contributed by atoms with van der Waals surface area (Å²) in [5.74, 6) is 0. The SMILES string of the molecule is CN(C)c1ccc(N=Nc2ccc(NCI=O)cc2S(=O)(=O)O)cc1. The molecule has 0 radical (unpaired) electrons. The molecule has 0 aliphatic rings. The number of alkyl halides is 1. The highest BCUT2D eigenvalue weighted by atomic mass is 127. The van der Waals surface area contributed by atoms with Crippen LogP contribution in [0, 0.1) is 0 Å². The van der Waals surface area contributed by atoms with Crippen LogP contribution in [0.25, 0.3) is 0 Å². The predicted molar refractivity (Wildman–Crippen MR) is 104 cm³/mol. The molecule has 2 rings (SSSR count). The summed E-state index contributed by atoms with van der Waals surface area (Å²) in [6, 6.07) is 11.5. The van der Waals surface area contributed by atoms with Crippen LogP contribution < -0.4 is 10.2 Å². The Morgan fingerprint density at radius 3 is 2.36 bits per heavy atom. The smallest absolute Gasteiger partial charge is 0.296 e. The standard InChI is InChI=1S/C15H17IN4O4S/c1-20(2)13-6-3-11(4-7-13)18-19-14-8-5-12(17-10-16-21)9-15(14)25(22,23)24/h3-9,17H,10H2,1-2H3,(H,22,23,24). The summed E-state index contributed by atoms with van der Waals surface area (Å²) in [5, 5.41) is 10.7. The molecule has 2 aromatic carbocycles. The summed E-state index contributed by atoms with van der Waals surface area (Å²) >= 11 is -1.23. The Morgan fingerprint density at radius 1 is 1.12 bits per heavy atom. The molecule has 2 aromatic rings. The third kappa shape index (κ3) is 5.54. The molecule has 25 heavy (non-hydrogen) atoms. The summed E-state index contributed by atoms with van der Waals surface area (Å²) in [7, 11) is -0.641. The van der Waals surface area contributed by atoms with Gasteiger partial charge in [0.1, 0.15) is 10.6 Å². The first-order valence-corrected chi connectivity index (χ1v) is 10.9. The lowest BCUT2D eigenvalue weighted by molar-refractivity contribution is 0.483. The summed E-state index contributed by atoms with van der Waals surface area (Å²) in [6.45, 7) is 0. The van der Waals surface area contributed by atoms with Gasteiger partial charge in [0, 0.05) is 25.5 Å². The van der Waals surface area contributed by atoms with Crippen molar-refractivity contribution in [1.82, 2.24) is 0 Å². The second-order valence-electron chi connectivity index (χ2n) is 5.19. The Kier molecular flexibility index (Phi) is 6.56. The van der Waals surface area contributed by atoms with Crippen molar-refractivity contribution in [3.63, 3.8) is 0 Å². The summed E-state index contributed by atoms with van der Waals surface area (Å²) in [5.41, 5.74) is 1.98. The number of benzene rings is 2. The van der Waals surface area contributed by atoms with Gasteiger partial charge in [-0.2, -0.15) is 13.5 Å². The van der Waals surface area contributed by atoms with Crippen molar-refractivity contribution in [3.8, 4) is 0 Å². The van der Waals surface area contributed by atoms with Gasteiger partial charge in [0.25, 0.3) is 10.1 Å². The van der Waals surface area contributed by atoms with E-state index >= 15 is 0 Å². The molecule has 2 N–H and O–H groups in total. The minimum Gasteiger partial charge on any atom is -0.378 e. The molecule has 0 saturated heterocycles. The van der Waals surface area contributed by atoms with E-state index in [0.717, 1.165) is 5.69 Å². The zero-order valence-corrected chi connectivity index (χ0v) is 16.5. The quantitative estimate of drug-likeness (QED) is 0.205. The van der Waals surface area contributed by atoms with E-state index in [2.05, 4.69) is 15.5 Å². The Balaban J connectivity index is 2.32. The fourth-order valence-electron chi connectivity index (χ4n) is 1.95. The molecule has 0 aromatic heterocycles. The van der Waals surface area contributed by atoms with E-state index in [1.165, 1.54) is 12.1 Å². The van der Waals surface area contributed by atoms with Gasteiger partial charge >= 0.3 is 0 Å². The molecule has 0 unspecified atom stereocenters. The predicted octanol–water partition coefficient (Wildman–Crippen LogP) is 4.10. The molecule has 10 heteroatoms. The lowest BCUT2D eigenvalue weighted by Crippen LogP contribution is -2.07. The monoisotopic (exact) mass is 476 g/mol. The lowest BCUT2D eigenvalue weighted by Gasteiger charge is -2.11. The van der Waals surface area contributed by atoms with E-state index in [0.29, 0.717) is 11.4 Å². The van der Waals surface area contributed by atoms with Crippen molar-refractivity contribution in [1.29, 1.82) is 0 Å². The van der Waals surface area contributed by atoms with Gasteiger partial charge in [0.15, 0.2) is 21.2 Å². The fraction of sp³-hybridized carbons (Fsp3) is 0.200. The zero-order valence-electron chi connectivity index (χ0n) is 13.5. The number of nitrogens with one attached hydrogen (secondary N) is 1. The van der Waals surface area contributed by atoms with Crippen molar-refractivity contribution in [2.45, 2.75) is 4.90 Å². The maximum atomic E-state index is 11.6. The molecule has 0 heterocycles. The first-order chi connectivity index (χ1) is 11.8. The molecule has 0 bridgehead atoms.